The van der Waals surface area contributed by atoms with Crippen LogP contribution in [0.15, 0.2) is 83.9 Å². The van der Waals surface area contributed by atoms with Crippen molar-refractivity contribution in [3.8, 4) is 22.8 Å². The Bertz CT molecular complexity index is 1540. The van der Waals surface area contributed by atoms with E-state index in [4.69, 9.17) is 4.74 Å². The fourth-order valence-electron chi connectivity index (χ4n) is 3.53. The lowest BCUT2D eigenvalue weighted by atomic mass is 10.1. The fourth-order valence-corrected chi connectivity index (χ4v) is 4.41. The molecule has 0 aliphatic heterocycles. The van der Waals surface area contributed by atoms with E-state index in [2.05, 4.69) is 10.3 Å². The van der Waals surface area contributed by atoms with Crippen molar-refractivity contribution in [1.29, 1.82) is 0 Å². The smallest absolute Gasteiger partial charge is 0.228 e. The Kier molecular flexibility index (Phi) is 7.58. The molecule has 3 aromatic carbocycles. The number of aromatic nitrogens is 1. The highest BCUT2D eigenvalue weighted by atomic mass is 32.2. The first kappa shape index (κ1) is 25.9. The normalized spacial score (nSPS) is 11.2. The Morgan fingerprint density at radius 1 is 0.919 bits per heavy atom. The van der Waals surface area contributed by atoms with Gasteiger partial charge in [0.25, 0.3) is 0 Å². The Labute approximate surface area is 211 Å². The summed E-state index contributed by atoms with van der Waals surface area (Å²) in [7, 11) is -3.35. The van der Waals surface area contributed by atoms with Gasteiger partial charge < -0.3 is 10.1 Å². The summed E-state index contributed by atoms with van der Waals surface area (Å²) in [6.45, 7) is 1.55. The topological polar surface area (TPSA) is 85.4 Å². The number of carbonyl (C=O) groups is 1. The second-order valence-electron chi connectivity index (χ2n) is 8.06. The summed E-state index contributed by atoms with van der Waals surface area (Å²) in [6, 6.07) is 15.6. The van der Waals surface area contributed by atoms with Crippen LogP contribution < -0.4 is 10.1 Å². The highest BCUT2D eigenvalue weighted by molar-refractivity contribution is 7.91. The maximum absolute atomic E-state index is 13.8. The molecule has 0 atom stereocenters. The van der Waals surface area contributed by atoms with Crippen LogP contribution in [0.25, 0.3) is 11.3 Å². The molecule has 0 aliphatic rings. The minimum absolute atomic E-state index is 0.0296. The van der Waals surface area contributed by atoms with Gasteiger partial charge in [0, 0.05) is 23.8 Å². The molecule has 1 N–H and O–H groups in total. The van der Waals surface area contributed by atoms with Gasteiger partial charge in [-0.15, -0.1) is 0 Å². The molecule has 10 heteroatoms. The van der Waals surface area contributed by atoms with Crippen LogP contribution in [-0.4, -0.2) is 25.1 Å². The van der Waals surface area contributed by atoms with Crippen molar-refractivity contribution in [3.05, 3.63) is 102 Å². The summed E-state index contributed by atoms with van der Waals surface area (Å²) in [6.07, 6.45) is 1.24. The van der Waals surface area contributed by atoms with Crippen molar-refractivity contribution in [2.45, 2.75) is 18.2 Å². The van der Waals surface area contributed by atoms with E-state index < -0.39 is 33.2 Å². The van der Waals surface area contributed by atoms with Gasteiger partial charge >= 0.3 is 0 Å². The first-order valence-corrected chi connectivity index (χ1v) is 12.8. The predicted molar refractivity (Wildman–Crippen MR) is 133 cm³/mol. The fraction of sp³-hybridized carbons (Fsp3) is 0.111. The van der Waals surface area contributed by atoms with Gasteiger partial charge in [0.1, 0.15) is 28.9 Å². The van der Waals surface area contributed by atoms with Gasteiger partial charge in [-0.1, -0.05) is 25.1 Å². The van der Waals surface area contributed by atoms with Crippen LogP contribution in [0.4, 0.5) is 18.9 Å². The zero-order valence-corrected chi connectivity index (χ0v) is 20.4. The monoisotopic (exact) mass is 526 g/mol. The Morgan fingerprint density at radius 2 is 1.62 bits per heavy atom. The van der Waals surface area contributed by atoms with Gasteiger partial charge in [-0.3, -0.25) is 9.78 Å². The molecule has 0 bridgehead atoms. The zero-order chi connectivity index (χ0) is 26.6. The van der Waals surface area contributed by atoms with Gasteiger partial charge in [-0.2, -0.15) is 0 Å². The molecule has 0 saturated heterocycles. The first-order chi connectivity index (χ1) is 17.6. The number of rotatable bonds is 8. The van der Waals surface area contributed by atoms with Crippen molar-refractivity contribution < 1.29 is 31.1 Å². The third-order valence-corrected chi connectivity index (χ3v) is 7.07. The van der Waals surface area contributed by atoms with Crippen LogP contribution in [0.1, 0.15) is 12.5 Å². The predicted octanol–water partition coefficient (Wildman–Crippen LogP) is 5.93. The maximum Gasteiger partial charge on any atom is 0.228 e. The number of anilines is 1. The molecule has 0 spiro atoms. The Balaban J connectivity index is 1.59. The number of benzene rings is 3. The average molecular weight is 527 g/mol. The van der Waals surface area contributed by atoms with Crippen LogP contribution in [0.3, 0.4) is 0 Å². The van der Waals surface area contributed by atoms with Gasteiger partial charge in [0.15, 0.2) is 15.6 Å². The van der Waals surface area contributed by atoms with E-state index in [0.717, 1.165) is 24.3 Å². The molecule has 0 saturated carbocycles. The van der Waals surface area contributed by atoms with E-state index in [-0.39, 0.29) is 45.5 Å². The van der Waals surface area contributed by atoms with Crippen LogP contribution >= 0.6 is 0 Å². The van der Waals surface area contributed by atoms with E-state index in [9.17, 15) is 26.4 Å². The molecule has 0 unspecified atom stereocenters. The van der Waals surface area contributed by atoms with E-state index >= 15 is 0 Å². The number of carbonyl (C=O) groups excluding carboxylic acids is 1. The lowest BCUT2D eigenvalue weighted by Gasteiger charge is -2.14. The summed E-state index contributed by atoms with van der Waals surface area (Å²) in [4.78, 5) is 17.0. The molecule has 190 valence electrons. The molecule has 37 heavy (non-hydrogen) atoms. The van der Waals surface area contributed by atoms with Crippen molar-refractivity contribution in [2.75, 3.05) is 11.1 Å². The van der Waals surface area contributed by atoms with Crippen molar-refractivity contribution >= 4 is 21.4 Å². The summed E-state index contributed by atoms with van der Waals surface area (Å²) in [5.41, 5.74) is 0.975. The average Bonchev–Trinajstić information content (AvgIpc) is 2.84. The molecule has 4 rings (SSSR count). The summed E-state index contributed by atoms with van der Waals surface area (Å²) < 4.78 is 71.1. The second kappa shape index (κ2) is 10.8. The first-order valence-electron chi connectivity index (χ1n) is 11.1. The molecular formula is C27H21F3N2O4S. The third kappa shape index (κ3) is 6.53. The van der Waals surface area contributed by atoms with Gasteiger partial charge in [-0.25, -0.2) is 21.6 Å². The van der Waals surface area contributed by atoms with Crippen molar-refractivity contribution in [1.82, 2.24) is 4.98 Å². The third-order valence-electron chi connectivity index (χ3n) is 5.32. The van der Waals surface area contributed by atoms with Crippen molar-refractivity contribution in [3.63, 3.8) is 0 Å². The quantitative estimate of drug-likeness (QED) is 0.308. The van der Waals surface area contributed by atoms with Crippen LogP contribution in [-0.2, 0) is 21.1 Å². The minimum atomic E-state index is -3.35. The number of pyridine rings is 1. The molecule has 6 nitrogen and oxygen atoms in total. The van der Waals surface area contributed by atoms with Crippen LogP contribution in [0.2, 0.25) is 0 Å². The van der Waals surface area contributed by atoms with Crippen LogP contribution in [0.5, 0.6) is 11.5 Å². The molecule has 0 fully saturated rings. The number of nitrogens with one attached hydrogen (secondary N) is 1. The second-order valence-corrected chi connectivity index (χ2v) is 10.3. The number of amides is 1. The SMILES string of the molecule is CCS(=O)(=O)c1ccc(CC(=O)Nc2cnc(-c3cc(F)cc(F)c3)c(Oc3cccc(F)c3)c2)cc1. The van der Waals surface area contributed by atoms with Gasteiger partial charge in [0.2, 0.25) is 5.91 Å². The number of hydrogen-bond acceptors (Lipinski definition) is 5. The number of ether oxygens (including phenoxy) is 1. The number of halogens is 3. The molecule has 1 amide bonds. The van der Waals surface area contributed by atoms with E-state index in [0.29, 0.717) is 5.56 Å². The highest BCUT2D eigenvalue weighted by Gasteiger charge is 2.16. The molecular weight excluding hydrogens is 505 g/mol. The standard InChI is InChI=1S/C27H21F3N2O4S/c1-2-37(34,35)24-8-6-17(7-9-24)10-26(33)32-22-15-25(36-23-5-3-4-19(28)14-23)27(31-16-22)18-11-20(29)13-21(30)12-18/h3-9,11-16H,2,10H2,1H3,(H,32,33). The molecule has 1 heterocycles. The Hall–Kier alpha value is -4.18. The van der Waals surface area contributed by atoms with E-state index in [1.165, 1.54) is 42.6 Å². The lowest BCUT2D eigenvalue weighted by molar-refractivity contribution is -0.115. The van der Waals surface area contributed by atoms with Gasteiger partial charge in [0.05, 0.1) is 29.0 Å². The molecule has 4 aromatic rings. The molecule has 0 radical (unpaired) electrons. The number of hydrogen-bond donors (Lipinski definition) is 1. The number of nitrogens with zero attached hydrogens (tertiary/aromatic N) is 1. The summed E-state index contributed by atoms with van der Waals surface area (Å²) >= 11 is 0. The van der Waals surface area contributed by atoms with E-state index in [1.54, 1.807) is 19.1 Å². The van der Waals surface area contributed by atoms with Gasteiger partial charge in [-0.05, 0) is 42.0 Å². The summed E-state index contributed by atoms with van der Waals surface area (Å²) in [5.74, 6) is -2.49. The lowest BCUT2D eigenvalue weighted by Crippen LogP contribution is -2.15. The zero-order valence-electron chi connectivity index (χ0n) is 19.5. The van der Waals surface area contributed by atoms with Crippen molar-refractivity contribution in [2.24, 2.45) is 0 Å². The van der Waals surface area contributed by atoms with E-state index in [1.807, 2.05) is 0 Å². The Morgan fingerprint density at radius 3 is 2.27 bits per heavy atom. The largest absolute Gasteiger partial charge is 0.455 e. The highest BCUT2D eigenvalue weighted by Crippen LogP contribution is 2.34. The minimum Gasteiger partial charge on any atom is -0.455 e. The van der Waals surface area contributed by atoms with Crippen LogP contribution in [0, 0.1) is 17.5 Å². The molecule has 1 aromatic heterocycles. The number of sulfone groups is 1. The maximum atomic E-state index is 13.8. The summed E-state index contributed by atoms with van der Waals surface area (Å²) in [5, 5.41) is 2.66. The molecule has 0 aliphatic carbocycles.